The van der Waals surface area contributed by atoms with Crippen molar-refractivity contribution in [3.05, 3.63) is 0 Å². The van der Waals surface area contributed by atoms with Crippen molar-refractivity contribution in [1.82, 2.24) is 29.4 Å². The third-order valence-electron chi connectivity index (χ3n) is 11.0. The average Bonchev–Trinajstić information content (AvgIpc) is 3.65. The van der Waals surface area contributed by atoms with Gasteiger partial charge in [0.25, 0.3) is 0 Å². The highest BCUT2D eigenvalue weighted by atomic mass is 15.2. The van der Waals surface area contributed by atoms with Crippen LogP contribution in [0.15, 0.2) is 0 Å². The molecule has 6 fully saturated rings. The van der Waals surface area contributed by atoms with Crippen molar-refractivity contribution in [3.8, 4) is 0 Å². The summed E-state index contributed by atoms with van der Waals surface area (Å²) in [4.78, 5) is 15.6. The first-order valence-corrected chi connectivity index (χ1v) is 17.9. The van der Waals surface area contributed by atoms with E-state index in [1.807, 2.05) is 0 Å². The van der Waals surface area contributed by atoms with E-state index in [2.05, 4.69) is 50.5 Å². The molecule has 6 heteroatoms. The Bertz CT molecular complexity index is 642. The number of hydrogen-bond donors (Lipinski definition) is 0. The summed E-state index contributed by atoms with van der Waals surface area (Å²) in [5, 5.41) is 0. The summed E-state index contributed by atoms with van der Waals surface area (Å²) in [6.45, 7) is 16.1. The molecule has 3 unspecified atom stereocenters. The van der Waals surface area contributed by atoms with Crippen molar-refractivity contribution >= 4 is 0 Å². The molecular weight excluding hydrogens is 492 g/mol. The van der Waals surface area contributed by atoms with Gasteiger partial charge in [0.05, 0.1) is 0 Å². The average molecular weight is 561 g/mol. The molecule has 6 nitrogen and oxygen atoms in total. The van der Waals surface area contributed by atoms with Gasteiger partial charge in [0, 0.05) is 37.8 Å². The first kappa shape index (κ1) is 32.7. The van der Waals surface area contributed by atoms with Gasteiger partial charge in [0.15, 0.2) is 0 Å². The van der Waals surface area contributed by atoms with Gasteiger partial charge in [-0.3, -0.25) is 0 Å². The van der Waals surface area contributed by atoms with Crippen molar-refractivity contribution < 1.29 is 0 Å². The van der Waals surface area contributed by atoms with E-state index >= 15 is 0 Å². The third-order valence-corrected chi connectivity index (χ3v) is 11.0. The van der Waals surface area contributed by atoms with Crippen LogP contribution in [0.2, 0.25) is 0 Å². The number of likely N-dealkylation sites (tertiary alicyclic amines) is 6. The van der Waals surface area contributed by atoms with Gasteiger partial charge in [0.2, 0.25) is 0 Å². The molecule has 0 spiro atoms. The van der Waals surface area contributed by atoms with Crippen LogP contribution in [-0.2, 0) is 0 Å². The number of nitrogens with zero attached hydrogens (tertiary/aromatic N) is 6. The van der Waals surface area contributed by atoms with Crippen molar-refractivity contribution in [2.75, 3.05) is 99.7 Å². The van der Waals surface area contributed by atoms with E-state index in [-0.39, 0.29) is 0 Å². The fourth-order valence-corrected chi connectivity index (χ4v) is 8.10. The van der Waals surface area contributed by atoms with Gasteiger partial charge < -0.3 is 29.4 Å². The molecule has 6 aliphatic rings. The summed E-state index contributed by atoms with van der Waals surface area (Å²) in [5.74, 6) is 0. The monoisotopic (exact) mass is 561 g/mol. The Labute approximate surface area is 249 Å². The fraction of sp³-hybridized carbons (Fsp3) is 1.00. The molecule has 6 aliphatic heterocycles. The van der Waals surface area contributed by atoms with Gasteiger partial charge in [-0.2, -0.15) is 0 Å². The van der Waals surface area contributed by atoms with Crippen molar-refractivity contribution in [2.45, 2.75) is 121 Å². The highest BCUT2D eigenvalue weighted by Crippen LogP contribution is 2.20. The van der Waals surface area contributed by atoms with E-state index in [1.54, 1.807) is 0 Å². The predicted molar refractivity (Wildman–Crippen MR) is 172 cm³/mol. The highest BCUT2D eigenvalue weighted by Gasteiger charge is 2.25. The molecule has 0 aliphatic carbocycles. The second-order valence-electron chi connectivity index (χ2n) is 14.3. The van der Waals surface area contributed by atoms with Gasteiger partial charge in [-0.15, -0.1) is 0 Å². The van der Waals surface area contributed by atoms with Crippen molar-refractivity contribution in [2.24, 2.45) is 0 Å². The molecule has 234 valence electrons. The van der Waals surface area contributed by atoms with E-state index in [0.717, 1.165) is 18.1 Å². The smallest absolute Gasteiger partial charge is 0.0220 e. The predicted octanol–water partition coefficient (Wildman–Crippen LogP) is 5.09. The lowest BCUT2D eigenvalue weighted by atomic mass is 10.0. The van der Waals surface area contributed by atoms with E-state index in [0.29, 0.717) is 0 Å². The molecule has 0 aromatic rings. The molecule has 0 bridgehead atoms. The molecule has 3 atom stereocenters. The Kier molecular flexibility index (Phi) is 15.1. The normalized spacial score (nSPS) is 32.3. The maximum absolute atomic E-state index is 2.68. The summed E-state index contributed by atoms with van der Waals surface area (Å²) >= 11 is 0. The maximum Gasteiger partial charge on any atom is 0.0220 e. The first-order chi connectivity index (χ1) is 19.6. The Balaban J connectivity index is 0.000000139. The molecule has 40 heavy (non-hydrogen) atoms. The molecule has 0 amide bonds. The van der Waals surface area contributed by atoms with E-state index in [1.165, 1.54) is 181 Å². The minimum Gasteiger partial charge on any atom is -0.302 e. The van der Waals surface area contributed by atoms with E-state index < -0.39 is 0 Å². The number of piperidine rings is 4. The molecule has 6 heterocycles. The lowest BCUT2D eigenvalue weighted by Crippen LogP contribution is -2.46. The number of likely N-dealkylation sites (N-methyl/N-ethyl adjacent to an activating group) is 3. The summed E-state index contributed by atoms with van der Waals surface area (Å²) < 4.78 is 0. The Hall–Kier alpha value is -0.240. The minimum absolute atomic E-state index is 0.849. The summed E-state index contributed by atoms with van der Waals surface area (Å²) in [7, 11) is 6.87. The van der Waals surface area contributed by atoms with Crippen molar-refractivity contribution in [1.29, 1.82) is 0 Å². The first-order valence-electron chi connectivity index (χ1n) is 17.9. The molecule has 0 aromatic heterocycles. The zero-order valence-electron chi connectivity index (χ0n) is 27.2. The lowest BCUT2D eigenvalue weighted by molar-refractivity contribution is 0.117. The van der Waals surface area contributed by atoms with Crippen LogP contribution < -0.4 is 0 Å². The highest BCUT2D eigenvalue weighted by molar-refractivity contribution is 4.82. The Morgan fingerprint density at radius 3 is 0.925 bits per heavy atom. The quantitative estimate of drug-likeness (QED) is 0.448. The summed E-state index contributed by atoms with van der Waals surface area (Å²) in [6, 6.07) is 2.56. The van der Waals surface area contributed by atoms with Gasteiger partial charge in [-0.05, 0) is 157 Å². The van der Waals surface area contributed by atoms with Crippen LogP contribution in [0.25, 0.3) is 0 Å². The zero-order valence-corrected chi connectivity index (χ0v) is 27.2. The molecule has 0 radical (unpaired) electrons. The number of rotatable bonds is 6. The molecular formula is C34H68N6. The fourth-order valence-electron chi connectivity index (χ4n) is 8.10. The summed E-state index contributed by atoms with van der Waals surface area (Å²) in [5.41, 5.74) is 0. The van der Waals surface area contributed by atoms with E-state index in [9.17, 15) is 0 Å². The van der Waals surface area contributed by atoms with Crippen LogP contribution in [0.1, 0.15) is 103 Å². The standard InChI is InChI=1S/C12H24N2.2C11H22N2/c1-13-8-6-3-7-12(13)11-14-9-4-2-5-10-14;1-12-7-3-2-6-11(12)10-13-8-4-5-9-13;1-12-7-5-6-11(12)10-13-8-3-2-4-9-13/h12H,2-11H2,1H3;2*11H,2-10H2,1H3. The lowest BCUT2D eigenvalue weighted by Gasteiger charge is -2.37. The molecule has 0 saturated carbocycles. The van der Waals surface area contributed by atoms with E-state index in [4.69, 9.17) is 0 Å². The molecule has 6 rings (SSSR count). The zero-order chi connectivity index (χ0) is 28.0. The minimum atomic E-state index is 0.849. The van der Waals surface area contributed by atoms with Crippen molar-refractivity contribution in [3.63, 3.8) is 0 Å². The topological polar surface area (TPSA) is 19.4 Å². The Morgan fingerprint density at radius 1 is 0.325 bits per heavy atom. The van der Waals surface area contributed by atoms with Crippen LogP contribution in [-0.4, -0.2) is 147 Å². The second kappa shape index (κ2) is 18.4. The maximum atomic E-state index is 2.68. The van der Waals surface area contributed by atoms with Gasteiger partial charge in [-0.1, -0.05) is 25.7 Å². The summed E-state index contributed by atoms with van der Waals surface area (Å²) in [6.07, 6.45) is 22.9. The van der Waals surface area contributed by atoms with Gasteiger partial charge >= 0.3 is 0 Å². The second-order valence-corrected chi connectivity index (χ2v) is 14.3. The van der Waals surface area contributed by atoms with Crippen LogP contribution in [0.4, 0.5) is 0 Å². The van der Waals surface area contributed by atoms with Crippen LogP contribution >= 0.6 is 0 Å². The molecule has 0 N–H and O–H groups in total. The van der Waals surface area contributed by atoms with Gasteiger partial charge in [0.1, 0.15) is 0 Å². The van der Waals surface area contributed by atoms with Gasteiger partial charge in [-0.25, -0.2) is 0 Å². The van der Waals surface area contributed by atoms with Crippen LogP contribution in [0, 0.1) is 0 Å². The Morgan fingerprint density at radius 2 is 0.600 bits per heavy atom. The largest absolute Gasteiger partial charge is 0.302 e. The molecule has 6 saturated heterocycles. The molecule has 0 aromatic carbocycles. The third kappa shape index (κ3) is 11.4. The SMILES string of the molecule is CN1CCCC1CN1CCCCC1.CN1CCCCC1CN1CCCC1.CN1CCCCC1CN1CCCCC1. The van der Waals surface area contributed by atoms with Crippen LogP contribution in [0.5, 0.6) is 0 Å². The number of hydrogen-bond acceptors (Lipinski definition) is 6. The van der Waals surface area contributed by atoms with Crippen LogP contribution in [0.3, 0.4) is 0 Å².